The highest BCUT2D eigenvalue weighted by Crippen LogP contribution is 2.27. The zero-order valence-electron chi connectivity index (χ0n) is 12.4. The van der Waals surface area contributed by atoms with Crippen molar-refractivity contribution in [3.63, 3.8) is 0 Å². The molecule has 24 heavy (non-hydrogen) atoms. The lowest BCUT2D eigenvalue weighted by atomic mass is 10.2. The molecule has 2 rings (SSSR count). The monoisotopic (exact) mass is 347 g/mol. The van der Waals surface area contributed by atoms with Crippen molar-refractivity contribution in [2.24, 2.45) is 5.73 Å². The van der Waals surface area contributed by atoms with Gasteiger partial charge in [0.05, 0.1) is 0 Å². The van der Waals surface area contributed by atoms with Crippen molar-refractivity contribution in [2.75, 3.05) is 11.9 Å². The number of carbonyl (C=O) groups excluding carboxylic acids is 1. The molecule has 132 valence electrons. The van der Waals surface area contributed by atoms with Crippen LogP contribution in [-0.2, 0) is 4.79 Å². The predicted molar refractivity (Wildman–Crippen MR) is 77.5 cm³/mol. The number of nitrogens with two attached hydrogens (primary N) is 1. The third-order valence-corrected chi connectivity index (χ3v) is 3.63. The van der Waals surface area contributed by atoms with Crippen LogP contribution < -0.4 is 15.8 Å². The number of carbonyl (C=O) groups is 2. The molecule has 1 heterocycles. The summed E-state index contributed by atoms with van der Waals surface area (Å²) in [4.78, 5) is 24.5. The average molecular weight is 347 g/mol. The highest BCUT2D eigenvalue weighted by Gasteiger charge is 2.40. The van der Waals surface area contributed by atoms with Gasteiger partial charge in [0, 0.05) is 24.3 Å². The topological polar surface area (TPSA) is 105 Å². The van der Waals surface area contributed by atoms with Crippen molar-refractivity contribution >= 4 is 17.7 Å². The maximum absolute atomic E-state index is 12.3. The van der Waals surface area contributed by atoms with E-state index in [1.807, 2.05) is 0 Å². The number of nitrogens with zero attached hydrogens (tertiary/aromatic N) is 1. The lowest BCUT2D eigenvalue weighted by Crippen LogP contribution is -2.48. The van der Waals surface area contributed by atoms with Crippen LogP contribution in [0.2, 0.25) is 0 Å². The fraction of sp³-hybridized carbons (Fsp3) is 0.429. The van der Waals surface area contributed by atoms with Gasteiger partial charge >= 0.3 is 12.5 Å². The molecule has 0 unspecified atom stereocenters. The van der Waals surface area contributed by atoms with Gasteiger partial charge in [0.1, 0.15) is 11.8 Å². The molecule has 4 N–H and O–H groups in total. The molecule has 1 aliphatic heterocycles. The first-order chi connectivity index (χ1) is 11.2. The fourth-order valence-corrected chi connectivity index (χ4v) is 2.66. The van der Waals surface area contributed by atoms with Gasteiger partial charge in [-0.1, -0.05) is 6.07 Å². The van der Waals surface area contributed by atoms with Gasteiger partial charge in [-0.05, 0) is 25.0 Å². The Morgan fingerprint density at radius 3 is 2.67 bits per heavy atom. The fourth-order valence-electron chi connectivity index (χ4n) is 2.66. The number of anilines is 1. The maximum Gasteiger partial charge on any atom is 0.573 e. The minimum Gasteiger partial charge on any atom is -0.465 e. The van der Waals surface area contributed by atoms with Crippen LogP contribution in [0.4, 0.5) is 23.7 Å². The summed E-state index contributed by atoms with van der Waals surface area (Å²) in [6.07, 6.45) is -5.38. The van der Waals surface area contributed by atoms with Crippen molar-refractivity contribution in [3.8, 4) is 5.75 Å². The van der Waals surface area contributed by atoms with E-state index < -0.39 is 36.2 Å². The van der Waals surface area contributed by atoms with Gasteiger partial charge in [0.15, 0.2) is 0 Å². The van der Waals surface area contributed by atoms with Crippen molar-refractivity contribution < 1.29 is 32.6 Å². The van der Waals surface area contributed by atoms with Crippen LogP contribution >= 0.6 is 0 Å². The zero-order valence-corrected chi connectivity index (χ0v) is 12.4. The van der Waals surface area contributed by atoms with E-state index in [1.165, 1.54) is 12.1 Å². The Kier molecular flexibility index (Phi) is 5.17. The van der Waals surface area contributed by atoms with E-state index in [1.54, 1.807) is 0 Å². The molecule has 0 saturated carbocycles. The SMILES string of the molecule is NC[C@H]1CC[C@@H](C(=O)Nc2cccc(OC(F)(F)F)c2)N1C(=O)O. The Labute approximate surface area is 135 Å². The summed E-state index contributed by atoms with van der Waals surface area (Å²) in [7, 11) is 0. The molecule has 1 saturated heterocycles. The molecule has 0 spiro atoms. The number of halogens is 3. The molecule has 1 aromatic carbocycles. The molecule has 1 aromatic rings. The normalized spacial score (nSPS) is 20.8. The van der Waals surface area contributed by atoms with Crippen LogP contribution in [0.5, 0.6) is 5.75 Å². The lowest BCUT2D eigenvalue weighted by molar-refractivity contribution is -0.274. The highest BCUT2D eigenvalue weighted by atomic mass is 19.4. The number of amides is 2. The molecule has 2 atom stereocenters. The number of alkyl halides is 3. The van der Waals surface area contributed by atoms with E-state index in [9.17, 15) is 27.9 Å². The average Bonchev–Trinajstić information content (AvgIpc) is 2.89. The number of ether oxygens (including phenoxy) is 1. The molecule has 10 heteroatoms. The summed E-state index contributed by atoms with van der Waals surface area (Å²) in [5.41, 5.74) is 5.57. The Balaban J connectivity index is 2.09. The Hall–Kier alpha value is -2.49. The minimum atomic E-state index is -4.84. The van der Waals surface area contributed by atoms with Gasteiger partial charge < -0.3 is 20.9 Å². The van der Waals surface area contributed by atoms with E-state index in [0.717, 1.165) is 17.0 Å². The summed E-state index contributed by atoms with van der Waals surface area (Å²) in [6.45, 7) is 0.0883. The smallest absolute Gasteiger partial charge is 0.465 e. The summed E-state index contributed by atoms with van der Waals surface area (Å²) in [5, 5.41) is 11.6. The molecule has 1 aliphatic rings. The number of rotatable bonds is 4. The summed E-state index contributed by atoms with van der Waals surface area (Å²) in [5.74, 6) is -1.11. The number of likely N-dealkylation sites (tertiary alicyclic amines) is 1. The number of carboxylic acid groups (broad SMARTS) is 1. The molecule has 2 amide bonds. The van der Waals surface area contributed by atoms with Crippen LogP contribution in [0, 0.1) is 0 Å². The molecule has 7 nitrogen and oxygen atoms in total. The van der Waals surface area contributed by atoms with Crippen LogP contribution in [0.25, 0.3) is 0 Å². The summed E-state index contributed by atoms with van der Waals surface area (Å²) < 4.78 is 40.4. The predicted octanol–water partition coefficient (Wildman–Crippen LogP) is 1.99. The van der Waals surface area contributed by atoms with Gasteiger partial charge in [-0.15, -0.1) is 13.2 Å². The van der Waals surface area contributed by atoms with Crippen LogP contribution in [-0.4, -0.2) is 47.0 Å². The molecule has 0 radical (unpaired) electrons. The second-order valence-corrected chi connectivity index (χ2v) is 5.24. The van der Waals surface area contributed by atoms with Gasteiger partial charge in [-0.3, -0.25) is 9.69 Å². The zero-order chi connectivity index (χ0) is 17.9. The van der Waals surface area contributed by atoms with Crippen LogP contribution in [0.1, 0.15) is 12.8 Å². The van der Waals surface area contributed by atoms with Gasteiger partial charge in [-0.25, -0.2) is 4.79 Å². The Morgan fingerprint density at radius 2 is 2.08 bits per heavy atom. The summed E-state index contributed by atoms with van der Waals surface area (Å²) in [6, 6.07) is 3.35. The first-order valence-electron chi connectivity index (χ1n) is 7.09. The highest BCUT2D eigenvalue weighted by molar-refractivity contribution is 5.97. The van der Waals surface area contributed by atoms with Gasteiger partial charge in [-0.2, -0.15) is 0 Å². The third kappa shape index (κ3) is 4.28. The van der Waals surface area contributed by atoms with Crippen molar-refractivity contribution in [3.05, 3.63) is 24.3 Å². The second-order valence-electron chi connectivity index (χ2n) is 5.24. The van der Waals surface area contributed by atoms with Crippen molar-refractivity contribution in [2.45, 2.75) is 31.3 Å². The number of hydrogen-bond acceptors (Lipinski definition) is 4. The second kappa shape index (κ2) is 6.95. The Bertz CT molecular complexity index is 624. The van der Waals surface area contributed by atoms with Gasteiger partial charge in [0.2, 0.25) is 5.91 Å². The van der Waals surface area contributed by atoms with Gasteiger partial charge in [0.25, 0.3) is 0 Å². The van der Waals surface area contributed by atoms with E-state index in [2.05, 4.69) is 10.1 Å². The standard InChI is InChI=1S/C14H16F3N3O4/c15-14(16,17)24-10-3-1-2-8(6-10)19-12(21)11-5-4-9(7-18)20(11)13(22)23/h1-3,6,9,11H,4-5,7,18H2,(H,19,21)(H,22,23)/t9-,11+/m1/s1. The first kappa shape index (κ1) is 17.9. The number of hydrogen-bond donors (Lipinski definition) is 3. The quantitative estimate of drug-likeness (QED) is 0.773. The third-order valence-electron chi connectivity index (χ3n) is 3.63. The molecule has 0 aliphatic carbocycles. The summed E-state index contributed by atoms with van der Waals surface area (Å²) >= 11 is 0. The van der Waals surface area contributed by atoms with E-state index >= 15 is 0 Å². The molecular formula is C14H16F3N3O4. The van der Waals surface area contributed by atoms with E-state index in [4.69, 9.17) is 5.73 Å². The maximum atomic E-state index is 12.3. The van der Waals surface area contributed by atoms with E-state index in [-0.39, 0.29) is 12.2 Å². The number of benzene rings is 1. The molecule has 0 bridgehead atoms. The van der Waals surface area contributed by atoms with Crippen LogP contribution in [0.3, 0.4) is 0 Å². The molecular weight excluding hydrogens is 331 g/mol. The lowest BCUT2D eigenvalue weighted by Gasteiger charge is -2.26. The largest absolute Gasteiger partial charge is 0.573 e. The first-order valence-corrected chi connectivity index (χ1v) is 7.09. The van der Waals surface area contributed by atoms with Crippen molar-refractivity contribution in [1.82, 2.24) is 4.90 Å². The molecule has 1 fully saturated rings. The minimum absolute atomic E-state index is 0.0725. The number of nitrogens with one attached hydrogen (secondary N) is 1. The van der Waals surface area contributed by atoms with Crippen molar-refractivity contribution in [1.29, 1.82) is 0 Å². The van der Waals surface area contributed by atoms with E-state index in [0.29, 0.717) is 12.8 Å². The molecule has 0 aromatic heterocycles. The van der Waals surface area contributed by atoms with Crippen LogP contribution in [0.15, 0.2) is 24.3 Å². The Morgan fingerprint density at radius 1 is 1.38 bits per heavy atom.